The highest BCUT2D eigenvalue weighted by molar-refractivity contribution is 9.10. The van der Waals surface area contributed by atoms with Gasteiger partial charge >= 0.3 is 0 Å². The molecule has 2 nitrogen and oxygen atoms in total. The van der Waals surface area contributed by atoms with Crippen LogP contribution in [-0.2, 0) is 0 Å². The minimum Gasteiger partial charge on any atom is -0.322 e. The molecule has 0 saturated carbocycles. The molecule has 1 amide bonds. The molecule has 0 aliphatic rings. The number of aryl methyl sites for hydroxylation is 1. The smallest absolute Gasteiger partial charge is 0.255 e. The maximum atomic E-state index is 13.3. The van der Waals surface area contributed by atoms with Crippen LogP contribution in [0.3, 0.4) is 0 Å². The lowest BCUT2D eigenvalue weighted by molar-refractivity contribution is 0.102. The van der Waals surface area contributed by atoms with Crippen molar-refractivity contribution < 1.29 is 13.6 Å². The Labute approximate surface area is 117 Å². The second-order valence-corrected chi connectivity index (χ2v) is 4.90. The summed E-state index contributed by atoms with van der Waals surface area (Å²) >= 11 is 3.01. The van der Waals surface area contributed by atoms with Crippen LogP contribution < -0.4 is 5.32 Å². The number of halogens is 3. The molecule has 2 aromatic carbocycles. The minimum atomic E-state index is -0.524. The van der Waals surface area contributed by atoms with Gasteiger partial charge in [-0.2, -0.15) is 0 Å². The molecule has 0 aliphatic heterocycles. The molecule has 0 heterocycles. The van der Waals surface area contributed by atoms with E-state index in [-0.39, 0.29) is 10.0 Å². The normalized spacial score (nSPS) is 10.3. The van der Waals surface area contributed by atoms with Crippen molar-refractivity contribution in [3.05, 3.63) is 63.6 Å². The van der Waals surface area contributed by atoms with Crippen LogP contribution in [0.25, 0.3) is 0 Å². The first-order valence-corrected chi connectivity index (χ1v) is 6.29. The van der Waals surface area contributed by atoms with Gasteiger partial charge in [0.25, 0.3) is 5.91 Å². The summed E-state index contributed by atoms with van der Waals surface area (Å²) in [6, 6.07) is 8.15. The SMILES string of the molecule is Cc1ccc(F)cc1NC(=O)c1ccc(Br)c(F)c1. The summed E-state index contributed by atoms with van der Waals surface area (Å²) in [5.74, 6) is -1.45. The first-order chi connectivity index (χ1) is 8.97. The molecule has 98 valence electrons. The lowest BCUT2D eigenvalue weighted by atomic mass is 10.1. The quantitative estimate of drug-likeness (QED) is 0.876. The Morgan fingerprint density at radius 2 is 1.89 bits per heavy atom. The summed E-state index contributed by atoms with van der Waals surface area (Å²) in [6.07, 6.45) is 0. The van der Waals surface area contributed by atoms with E-state index in [2.05, 4.69) is 21.2 Å². The average Bonchev–Trinajstić information content (AvgIpc) is 2.37. The Morgan fingerprint density at radius 1 is 1.16 bits per heavy atom. The third kappa shape index (κ3) is 3.17. The molecule has 1 N–H and O–H groups in total. The molecule has 0 aromatic heterocycles. The molecule has 0 saturated heterocycles. The van der Waals surface area contributed by atoms with E-state index in [1.165, 1.54) is 24.3 Å². The average molecular weight is 326 g/mol. The van der Waals surface area contributed by atoms with Gasteiger partial charge in [0.15, 0.2) is 0 Å². The van der Waals surface area contributed by atoms with Crippen molar-refractivity contribution in [2.45, 2.75) is 6.92 Å². The fourth-order valence-corrected chi connectivity index (χ4v) is 1.81. The number of carbonyl (C=O) groups is 1. The molecule has 0 radical (unpaired) electrons. The van der Waals surface area contributed by atoms with E-state index in [0.29, 0.717) is 5.69 Å². The Hall–Kier alpha value is -1.75. The largest absolute Gasteiger partial charge is 0.322 e. The van der Waals surface area contributed by atoms with Gasteiger partial charge in [-0.15, -0.1) is 0 Å². The van der Waals surface area contributed by atoms with Crippen LogP contribution >= 0.6 is 15.9 Å². The molecule has 0 atom stereocenters. The van der Waals surface area contributed by atoms with E-state index in [1.807, 2.05) is 0 Å². The second kappa shape index (κ2) is 5.48. The number of rotatable bonds is 2. The number of benzene rings is 2. The van der Waals surface area contributed by atoms with Crippen LogP contribution in [0.4, 0.5) is 14.5 Å². The lowest BCUT2D eigenvalue weighted by Gasteiger charge is -2.08. The van der Waals surface area contributed by atoms with Gasteiger partial charge in [-0.25, -0.2) is 8.78 Å². The van der Waals surface area contributed by atoms with Gasteiger partial charge in [-0.1, -0.05) is 6.07 Å². The van der Waals surface area contributed by atoms with Crippen molar-refractivity contribution in [3.63, 3.8) is 0 Å². The molecule has 2 aromatic rings. The molecule has 5 heteroatoms. The standard InChI is InChI=1S/C14H10BrF2NO/c1-8-2-4-10(16)7-13(8)18-14(19)9-3-5-11(15)12(17)6-9/h2-7H,1H3,(H,18,19). The number of anilines is 1. The van der Waals surface area contributed by atoms with Crippen LogP contribution in [0.5, 0.6) is 0 Å². The van der Waals surface area contributed by atoms with E-state index in [9.17, 15) is 13.6 Å². The maximum absolute atomic E-state index is 13.3. The summed E-state index contributed by atoms with van der Waals surface area (Å²) < 4.78 is 26.7. The summed E-state index contributed by atoms with van der Waals surface area (Å²) in [5, 5.41) is 2.55. The Balaban J connectivity index is 2.25. The van der Waals surface area contributed by atoms with E-state index in [0.717, 1.165) is 11.6 Å². The molecule has 19 heavy (non-hydrogen) atoms. The Kier molecular flexibility index (Phi) is 3.95. The van der Waals surface area contributed by atoms with Crippen molar-refractivity contribution >= 4 is 27.5 Å². The predicted octanol–water partition coefficient (Wildman–Crippen LogP) is 4.29. The minimum absolute atomic E-state index is 0.171. The van der Waals surface area contributed by atoms with Crippen LogP contribution in [0.15, 0.2) is 40.9 Å². The molecule has 0 bridgehead atoms. The van der Waals surface area contributed by atoms with Gasteiger partial charge in [0, 0.05) is 11.3 Å². The number of amides is 1. The number of carbonyl (C=O) groups excluding carboxylic acids is 1. The van der Waals surface area contributed by atoms with Crippen LogP contribution in [0.1, 0.15) is 15.9 Å². The summed E-state index contributed by atoms with van der Waals surface area (Å²) in [5.41, 5.74) is 1.27. The van der Waals surface area contributed by atoms with Crippen molar-refractivity contribution in [2.75, 3.05) is 5.32 Å². The Bertz CT molecular complexity index is 643. The van der Waals surface area contributed by atoms with E-state index in [1.54, 1.807) is 13.0 Å². The number of nitrogens with one attached hydrogen (secondary N) is 1. The van der Waals surface area contributed by atoms with Crippen LogP contribution in [0, 0.1) is 18.6 Å². The van der Waals surface area contributed by atoms with Crippen LogP contribution in [0.2, 0.25) is 0 Å². The molecule has 2 rings (SSSR count). The fraction of sp³-hybridized carbons (Fsp3) is 0.0714. The van der Waals surface area contributed by atoms with Crippen LogP contribution in [-0.4, -0.2) is 5.91 Å². The molecule has 0 spiro atoms. The number of hydrogen-bond donors (Lipinski definition) is 1. The first-order valence-electron chi connectivity index (χ1n) is 5.50. The predicted molar refractivity (Wildman–Crippen MR) is 73.2 cm³/mol. The zero-order chi connectivity index (χ0) is 14.0. The third-order valence-corrected chi connectivity index (χ3v) is 3.27. The van der Waals surface area contributed by atoms with E-state index >= 15 is 0 Å². The summed E-state index contributed by atoms with van der Waals surface area (Å²) in [4.78, 5) is 11.9. The molecular weight excluding hydrogens is 316 g/mol. The van der Waals surface area contributed by atoms with Gasteiger partial charge in [-0.3, -0.25) is 4.79 Å². The maximum Gasteiger partial charge on any atom is 0.255 e. The zero-order valence-electron chi connectivity index (χ0n) is 10.0. The second-order valence-electron chi connectivity index (χ2n) is 4.04. The molecule has 0 fully saturated rings. The van der Waals surface area contributed by atoms with Crippen molar-refractivity contribution in [1.29, 1.82) is 0 Å². The van der Waals surface area contributed by atoms with Gasteiger partial charge in [0.1, 0.15) is 11.6 Å². The van der Waals surface area contributed by atoms with Gasteiger partial charge in [0.2, 0.25) is 0 Å². The summed E-state index contributed by atoms with van der Waals surface area (Å²) in [7, 11) is 0. The fourth-order valence-electron chi connectivity index (χ4n) is 1.56. The van der Waals surface area contributed by atoms with Gasteiger partial charge in [-0.05, 0) is 58.7 Å². The Morgan fingerprint density at radius 3 is 2.58 bits per heavy atom. The first kappa shape index (κ1) is 13.7. The molecule has 0 aliphatic carbocycles. The van der Waals surface area contributed by atoms with E-state index in [4.69, 9.17) is 0 Å². The van der Waals surface area contributed by atoms with Gasteiger partial charge < -0.3 is 5.32 Å². The number of hydrogen-bond acceptors (Lipinski definition) is 1. The lowest BCUT2D eigenvalue weighted by Crippen LogP contribution is -2.13. The molecular formula is C14H10BrF2NO. The highest BCUT2D eigenvalue weighted by Crippen LogP contribution is 2.19. The van der Waals surface area contributed by atoms with E-state index < -0.39 is 17.5 Å². The van der Waals surface area contributed by atoms with Crippen molar-refractivity contribution in [2.24, 2.45) is 0 Å². The third-order valence-electron chi connectivity index (χ3n) is 2.63. The summed E-state index contributed by atoms with van der Waals surface area (Å²) in [6.45, 7) is 1.75. The van der Waals surface area contributed by atoms with Crippen molar-refractivity contribution in [3.8, 4) is 0 Å². The molecule has 0 unspecified atom stereocenters. The van der Waals surface area contributed by atoms with Crippen molar-refractivity contribution in [1.82, 2.24) is 0 Å². The topological polar surface area (TPSA) is 29.1 Å². The van der Waals surface area contributed by atoms with Gasteiger partial charge in [0.05, 0.1) is 4.47 Å². The highest BCUT2D eigenvalue weighted by atomic mass is 79.9. The zero-order valence-corrected chi connectivity index (χ0v) is 11.6. The monoisotopic (exact) mass is 325 g/mol. The highest BCUT2D eigenvalue weighted by Gasteiger charge is 2.10.